The number of carbonyl (C=O) groups excluding carboxylic acids is 1. The van der Waals surface area contributed by atoms with E-state index in [1.807, 2.05) is 19.1 Å². The van der Waals surface area contributed by atoms with Gasteiger partial charge in [0.15, 0.2) is 0 Å². The number of piperidine rings is 1. The summed E-state index contributed by atoms with van der Waals surface area (Å²) in [6.45, 7) is 2.04. The standard InChI is InChI=1S/C21H20F6N2O2/c1-13-3-2-4-14(9-13)19(31)5-7-29(8-6-19)18(30)28-17-11-15(20(22,23)24)10-16(12-17)21(25,26)27/h2-4,9-12,31H,5-8H2,1H3,(H,28,30). The van der Waals surface area contributed by atoms with Gasteiger partial charge in [0.2, 0.25) is 0 Å². The highest BCUT2D eigenvalue weighted by molar-refractivity contribution is 5.89. The van der Waals surface area contributed by atoms with Crippen molar-refractivity contribution in [3.05, 3.63) is 64.7 Å². The molecule has 3 rings (SSSR count). The Labute approximate surface area is 174 Å². The van der Waals surface area contributed by atoms with Crippen LogP contribution in [0.3, 0.4) is 0 Å². The highest BCUT2D eigenvalue weighted by Crippen LogP contribution is 2.38. The minimum absolute atomic E-state index is 0.00147. The number of amides is 2. The molecule has 31 heavy (non-hydrogen) atoms. The van der Waals surface area contributed by atoms with E-state index >= 15 is 0 Å². The van der Waals surface area contributed by atoms with Gasteiger partial charge in [0, 0.05) is 18.8 Å². The third kappa shape index (κ3) is 5.30. The molecule has 0 aliphatic carbocycles. The number of nitrogens with one attached hydrogen (secondary N) is 1. The van der Waals surface area contributed by atoms with Crippen LogP contribution in [0.25, 0.3) is 0 Å². The number of carbonyl (C=O) groups is 1. The summed E-state index contributed by atoms with van der Waals surface area (Å²) in [7, 11) is 0. The number of likely N-dealkylation sites (tertiary alicyclic amines) is 1. The summed E-state index contributed by atoms with van der Waals surface area (Å²) in [5, 5.41) is 13.0. The second kappa shape index (κ2) is 8.07. The fourth-order valence-electron chi connectivity index (χ4n) is 3.53. The Hall–Kier alpha value is -2.75. The highest BCUT2D eigenvalue weighted by Gasteiger charge is 2.38. The van der Waals surface area contributed by atoms with Gasteiger partial charge in [0.05, 0.1) is 16.7 Å². The minimum Gasteiger partial charge on any atom is -0.385 e. The van der Waals surface area contributed by atoms with Crippen LogP contribution >= 0.6 is 0 Å². The molecule has 1 aliphatic rings. The molecule has 4 nitrogen and oxygen atoms in total. The smallest absolute Gasteiger partial charge is 0.385 e. The number of hydrogen-bond donors (Lipinski definition) is 2. The maximum Gasteiger partial charge on any atom is 0.416 e. The first-order chi connectivity index (χ1) is 14.3. The summed E-state index contributed by atoms with van der Waals surface area (Å²) in [5.74, 6) is 0. The highest BCUT2D eigenvalue weighted by atomic mass is 19.4. The summed E-state index contributed by atoms with van der Waals surface area (Å²) in [5.41, 5.74) is -3.14. The molecule has 0 saturated carbocycles. The number of hydrogen-bond acceptors (Lipinski definition) is 2. The summed E-state index contributed by atoms with van der Waals surface area (Å²) >= 11 is 0. The monoisotopic (exact) mass is 446 g/mol. The number of nitrogens with zero attached hydrogens (tertiary/aromatic N) is 1. The van der Waals surface area contributed by atoms with Crippen molar-refractivity contribution < 1.29 is 36.2 Å². The maximum absolute atomic E-state index is 13.0. The van der Waals surface area contributed by atoms with Crippen molar-refractivity contribution in [1.82, 2.24) is 4.90 Å². The first-order valence-electron chi connectivity index (χ1n) is 9.43. The number of urea groups is 1. The first kappa shape index (κ1) is 22.9. The van der Waals surface area contributed by atoms with Crippen LogP contribution in [0.15, 0.2) is 42.5 Å². The van der Waals surface area contributed by atoms with Crippen LogP contribution in [0.4, 0.5) is 36.8 Å². The first-order valence-corrected chi connectivity index (χ1v) is 9.43. The van der Waals surface area contributed by atoms with Gasteiger partial charge < -0.3 is 15.3 Å². The van der Waals surface area contributed by atoms with E-state index in [9.17, 15) is 36.2 Å². The van der Waals surface area contributed by atoms with E-state index < -0.39 is 40.8 Å². The van der Waals surface area contributed by atoms with Crippen LogP contribution in [-0.4, -0.2) is 29.1 Å². The molecular formula is C21H20F6N2O2. The van der Waals surface area contributed by atoms with Crippen LogP contribution in [0, 0.1) is 6.92 Å². The van der Waals surface area contributed by atoms with Gasteiger partial charge in [-0.05, 0) is 43.5 Å². The van der Waals surface area contributed by atoms with Crippen LogP contribution in [0.5, 0.6) is 0 Å². The summed E-state index contributed by atoms with van der Waals surface area (Å²) in [6, 6.07) is 7.35. The molecule has 0 bridgehead atoms. The lowest BCUT2D eigenvalue weighted by Crippen LogP contribution is -2.46. The molecule has 1 fully saturated rings. The van der Waals surface area contributed by atoms with Gasteiger partial charge in [-0.2, -0.15) is 26.3 Å². The van der Waals surface area contributed by atoms with Crippen LogP contribution in [0.2, 0.25) is 0 Å². The zero-order valence-electron chi connectivity index (χ0n) is 16.4. The molecule has 0 spiro atoms. The molecular weight excluding hydrogens is 426 g/mol. The minimum atomic E-state index is -5.00. The van der Waals surface area contributed by atoms with Crippen molar-refractivity contribution in [2.75, 3.05) is 18.4 Å². The van der Waals surface area contributed by atoms with E-state index in [1.165, 1.54) is 4.90 Å². The average molecular weight is 446 g/mol. The van der Waals surface area contributed by atoms with Crippen LogP contribution < -0.4 is 5.32 Å². The number of rotatable bonds is 2. The molecule has 0 aromatic heterocycles. The van der Waals surface area contributed by atoms with E-state index in [0.717, 1.165) is 5.56 Å². The largest absolute Gasteiger partial charge is 0.416 e. The summed E-state index contributed by atoms with van der Waals surface area (Å²) in [6.07, 6.45) is -9.65. The third-order valence-electron chi connectivity index (χ3n) is 5.27. The van der Waals surface area contributed by atoms with E-state index in [1.54, 1.807) is 12.1 Å². The van der Waals surface area contributed by atoms with E-state index in [-0.39, 0.29) is 32.0 Å². The Morgan fingerprint density at radius 1 is 0.968 bits per heavy atom. The molecule has 2 aromatic carbocycles. The molecule has 2 aromatic rings. The lowest BCUT2D eigenvalue weighted by Gasteiger charge is -2.38. The third-order valence-corrected chi connectivity index (χ3v) is 5.27. The maximum atomic E-state index is 13.0. The quantitative estimate of drug-likeness (QED) is 0.595. The molecule has 2 amide bonds. The SMILES string of the molecule is Cc1cccc(C2(O)CCN(C(=O)Nc3cc(C(F)(F)F)cc(C(F)(F)F)c3)CC2)c1. The number of aliphatic hydroxyl groups is 1. The van der Waals surface area contributed by atoms with Gasteiger partial charge in [-0.1, -0.05) is 29.8 Å². The van der Waals surface area contributed by atoms with Crippen molar-refractivity contribution in [2.45, 2.75) is 37.7 Å². The second-order valence-electron chi connectivity index (χ2n) is 7.61. The number of aryl methyl sites for hydroxylation is 1. The fraction of sp³-hybridized carbons (Fsp3) is 0.381. The second-order valence-corrected chi connectivity index (χ2v) is 7.61. The van der Waals surface area contributed by atoms with Gasteiger partial charge in [-0.15, -0.1) is 0 Å². The van der Waals surface area contributed by atoms with E-state index in [4.69, 9.17) is 0 Å². The Morgan fingerprint density at radius 3 is 2.00 bits per heavy atom. The lowest BCUT2D eigenvalue weighted by atomic mass is 9.84. The zero-order chi connectivity index (χ0) is 23.0. The number of anilines is 1. The van der Waals surface area contributed by atoms with Crippen molar-refractivity contribution in [3.8, 4) is 0 Å². The number of halogens is 6. The molecule has 0 radical (unpaired) electrons. The molecule has 1 aliphatic heterocycles. The molecule has 0 atom stereocenters. The van der Waals surface area contributed by atoms with Crippen molar-refractivity contribution >= 4 is 11.7 Å². The lowest BCUT2D eigenvalue weighted by molar-refractivity contribution is -0.143. The van der Waals surface area contributed by atoms with Gasteiger partial charge in [0.25, 0.3) is 0 Å². The predicted molar refractivity (Wildman–Crippen MR) is 101 cm³/mol. The predicted octanol–water partition coefficient (Wildman–Crippen LogP) is 5.55. The fourth-order valence-corrected chi connectivity index (χ4v) is 3.53. The van der Waals surface area contributed by atoms with Crippen molar-refractivity contribution in [1.29, 1.82) is 0 Å². The van der Waals surface area contributed by atoms with Gasteiger partial charge in [0.1, 0.15) is 0 Å². The summed E-state index contributed by atoms with van der Waals surface area (Å²) < 4.78 is 77.9. The Bertz CT molecular complexity index is 931. The molecule has 1 saturated heterocycles. The van der Waals surface area contributed by atoms with Crippen LogP contribution in [-0.2, 0) is 18.0 Å². The molecule has 0 unspecified atom stereocenters. The Balaban J connectivity index is 1.74. The topological polar surface area (TPSA) is 52.6 Å². The van der Waals surface area contributed by atoms with Gasteiger partial charge >= 0.3 is 18.4 Å². The molecule has 1 heterocycles. The molecule has 2 N–H and O–H groups in total. The van der Waals surface area contributed by atoms with Gasteiger partial charge in [-0.25, -0.2) is 4.79 Å². The Kier molecular flexibility index (Phi) is 5.96. The zero-order valence-corrected chi connectivity index (χ0v) is 16.4. The van der Waals surface area contributed by atoms with Crippen molar-refractivity contribution in [3.63, 3.8) is 0 Å². The van der Waals surface area contributed by atoms with E-state index in [0.29, 0.717) is 17.7 Å². The molecule has 168 valence electrons. The van der Waals surface area contributed by atoms with Crippen LogP contribution in [0.1, 0.15) is 35.1 Å². The van der Waals surface area contributed by atoms with E-state index in [2.05, 4.69) is 5.32 Å². The Morgan fingerprint density at radius 2 is 1.52 bits per heavy atom. The average Bonchev–Trinajstić information content (AvgIpc) is 2.67. The summed E-state index contributed by atoms with van der Waals surface area (Å²) in [4.78, 5) is 13.7. The number of alkyl halides is 6. The van der Waals surface area contributed by atoms with Gasteiger partial charge in [-0.3, -0.25) is 0 Å². The van der Waals surface area contributed by atoms with Crippen molar-refractivity contribution in [2.24, 2.45) is 0 Å². The molecule has 10 heteroatoms. The number of benzene rings is 2. The normalized spacial score (nSPS) is 16.8.